The van der Waals surface area contributed by atoms with Gasteiger partial charge in [0, 0.05) is 13.3 Å². The van der Waals surface area contributed by atoms with Gasteiger partial charge in [-0.15, -0.1) is 0 Å². The minimum atomic E-state index is 0.912. The second kappa shape index (κ2) is 3.81. The van der Waals surface area contributed by atoms with Crippen LogP contribution in [0.4, 0.5) is 0 Å². The Morgan fingerprint density at radius 2 is 2.42 bits per heavy atom. The topological polar surface area (TPSA) is 24.7 Å². The molecule has 1 aliphatic heterocycles. The fourth-order valence-electron chi connectivity index (χ4n) is 0.978. The van der Waals surface area contributed by atoms with Crippen molar-refractivity contribution in [1.29, 1.82) is 0 Å². The maximum atomic E-state index is 4.22. The number of rotatable bonds is 1. The minimum Gasteiger partial charge on any atom is -0.286 e. The molecule has 0 atom stereocenters. The Hall–Kier alpha value is -1.44. The zero-order valence-corrected chi connectivity index (χ0v) is 7.41. The zero-order valence-electron chi connectivity index (χ0n) is 7.41. The van der Waals surface area contributed by atoms with Crippen molar-refractivity contribution in [3.8, 4) is 0 Å². The first-order chi connectivity index (χ1) is 5.79. The van der Waals surface area contributed by atoms with Gasteiger partial charge < -0.3 is 0 Å². The summed E-state index contributed by atoms with van der Waals surface area (Å²) in [7, 11) is 1.76. The lowest BCUT2D eigenvalue weighted by Gasteiger charge is -2.06. The molecule has 2 heteroatoms. The van der Waals surface area contributed by atoms with Crippen molar-refractivity contribution < 1.29 is 0 Å². The Balaban J connectivity index is 3.14. The van der Waals surface area contributed by atoms with E-state index in [-0.39, 0.29) is 0 Å². The fraction of sp³-hybridized carbons (Fsp3) is 0.200. The summed E-state index contributed by atoms with van der Waals surface area (Å²) in [6.45, 7) is 5.67. The standard InChI is InChI=1S/C10H12N2/c1-4-8(2)10-9(11-3)6-5-7-12-10/h4-7H,1H2,2-3H3/b10-8+,11-9?. The number of aliphatic imine (C=N–C) groups is 2. The predicted octanol–water partition coefficient (Wildman–Crippen LogP) is 2.16. The first-order valence-corrected chi connectivity index (χ1v) is 3.80. The molecule has 0 aliphatic carbocycles. The van der Waals surface area contributed by atoms with E-state index in [1.165, 1.54) is 0 Å². The SMILES string of the molecule is C=C/C(C)=C1/N=CC=CC1=NC. The van der Waals surface area contributed by atoms with E-state index in [0.29, 0.717) is 0 Å². The molecule has 62 valence electrons. The minimum absolute atomic E-state index is 0.912. The van der Waals surface area contributed by atoms with Gasteiger partial charge in [0.2, 0.25) is 0 Å². The molecule has 0 unspecified atom stereocenters. The lowest BCUT2D eigenvalue weighted by Crippen LogP contribution is -2.03. The number of nitrogens with zero attached hydrogens (tertiary/aromatic N) is 2. The maximum Gasteiger partial charge on any atom is 0.0910 e. The van der Waals surface area contributed by atoms with Gasteiger partial charge in [-0.1, -0.05) is 12.7 Å². The molecule has 0 aromatic heterocycles. The highest BCUT2D eigenvalue weighted by Crippen LogP contribution is 2.12. The first-order valence-electron chi connectivity index (χ1n) is 3.80. The summed E-state index contributed by atoms with van der Waals surface area (Å²) in [6, 6.07) is 0. The highest BCUT2D eigenvalue weighted by Gasteiger charge is 2.05. The molecule has 0 saturated heterocycles. The number of hydrogen-bond donors (Lipinski definition) is 0. The highest BCUT2D eigenvalue weighted by molar-refractivity contribution is 6.13. The number of allylic oxidation sites excluding steroid dienone is 4. The quantitative estimate of drug-likeness (QED) is 0.561. The molecule has 0 spiro atoms. The molecule has 0 radical (unpaired) electrons. The summed E-state index contributed by atoms with van der Waals surface area (Å²) < 4.78 is 0. The van der Waals surface area contributed by atoms with Crippen molar-refractivity contribution in [2.45, 2.75) is 6.92 Å². The van der Waals surface area contributed by atoms with E-state index < -0.39 is 0 Å². The van der Waals surface area contributed by atoms with Crippen molar-refractivity contribution in [2.75, 3.05) is 7.05 Å². The predicted molar refractivity (Wildman–Crippen MR) is 53.9 cm³/mol. The van der Waals surface area contributed by atoms with Gasteiger partial charge in [0.1, 0.15) is 0 Å². The molecule has 2 nitrogen and oxygen atoms in total. The lowest BCUT2D eigenvalue weighted by molar-refractivity contribution is 1.32. The second-order valence-electron chi connectivity index (χ2n) is 2.48. The summed E-state index contributed by atoms with van der Waals surface area (Å²) in [6.07, 6.45) is 7.37. The molecular formula is C10H12N2. The zero-order chi connectivity index (χ0) is 8.97. The van der Waals surface area contributed by atoms with Crippen LogP contribution in [0.15, 0.2) is 46.1 Å². The summed E-state index contributed by atoms with van der Waals surface area (Å²) in [5.41, 5.74) is 2.88. The molecule has 0 bridgehead atoms. The molecule has 0 fully saturated rings. The Morgan fingerprint density at radius 1 is 1.67 bits per heavy atom. The van der Waals surface area contributed by atoms with Crippen molar-refractivity contribution >= 4 is 11.9 Å². The lowest BCUT2D eigenvalue weighted by atomic mass is 10.1. The van der Waals surface area contributed by atoms with Gasteiger partial charge >= 0.3 is 0 Å². The molecule has 0 aromatic carbocycles. The Kier molecular flexibility index (Phi) is 2.75. The molecule has 12 heavy (non-hydrogen) atoms. The van der Waals surface area contributed by atoms with Crippen LogP contribution in [0.3, 0.4) is 0 Å². The van der Waals surface area contributed by atoms with Crippen molar-refractivity contribution in [2.24, 2.45) is 9.98 Å². The van der Waals surface area contributed by atoms with Crippen molar-refractivity contribution in [1.82, 2.24) is 0 Å². The Bertz CT molecular complexity index is 304. The van der Waals surface area contributed by atoms with E-state index >= 15 is 0 Å². The van der Waals surface area contributed by atoms with Crippen molar-refractivity contribution in [3.63, 3.8) is 0 Å². The third-order valence-electron chi connectivity index (χ3n) is 1.71. The van der Waals surface area contributed by atoms with Gasteiger partial charge in [0.15, 0.2) is 0 Å². The van der Waals surface area contributed by atoms with Crippen molar-refractivity contribution in [3.05, 3.63) is 36.1 Å². The molecule has 1 aliphatic rings. The third kappa shape index (κ3) is 1.59. The maximum absolute atomic E-state index is 4.22. The van der Waals surface area contributed by atoms with Crippen LogP contribution >= 0.6 is 0 Å². The molecule has 1 heterocycles. The van der Waals surface area contributed by atoms with Crippen LogP contribution in [-0.4, -0.2) is 19.0 Å². The van der Waals surface area contributed by atoms with Crippen LogP contribution in [0.5, 0.6) is 0 Å². The van der Waals surface area contributed by atoms with Crippen LogP contribution in [0.25, 0.3) is 0 Å². The van der Waals surface area contributed by atoms with E-state index in [9.17, 15) is 0 Å². The normalized spacial score (nSPS) is 23.0. The van der Waals surface area contributed by atoms with Gasteiger partial charge in [0.25, 0.3) is 0 Å². The first kappa shape index (κ1) is 8.65. The number of dihydropyridines is 1. The smallest absolute Gasteiger partial charge is 0.0910 e. The van der Waals surface area contributed by atoms with Crippen LogP contribution in [0.1, 0.15) is 6.92 Å². The number of hydrogen-bond acceptors (Lipinski definition) is 2. The molecule has 1 rings (SSSR count). The summed E-state index contributed by atoms with van der Waals surface area (Å²) in [5.74, 6) is 0. The molecule has 0 N–H and O–H groups in total. The Labute approximate surface area is 72.7 Å². The highest BCUT2D eigenvalue weighted by atomic mass is 14.8. The average Bonchev–Trinajstić information content (AvgIpc) is 2.16. The van der Waals surface area contributed by atoms with Gasteiger partial charge in [0.05, 0.1) is 11.4 Å². The van der Waals surface area contributed by atoms with Gasteiger partial charge in [-0.3, -0.25) is 9.98 Å². The van der Waals surface area contributed by atoms with Gasteiger partial charge in [-0.05, 0) is 24.6 Å². The monoisotopic (exact) mass is 160 g/mol. The van der Waals surface area contributed by atoms with Crippen LogP contribution in [0, 0.1) is 0 Å². The third-order valence-corrected chi connectivity index (χ3v) is 1.71. The van der Waals surface area contributed by atoms with E-state index in [4.69, 9.17) is 0 Å². The second-order valence-corrected chi connectivity index (χ2v) is 2.48. The van der Waals surface area contributed by atoms with Gasteiger partial charge in [-0.25, -0.2) is 0 Å². The summed E-state index contributed by atoms with van der Waals surface area (Å²) in [5, 5.41) is 0. The van der Waals surface area contributed by atoms with E-state index in [1.807, 2.05) is 19.1 Å². The molecule has 0 saturated carbocycles. The molecule has 0 aromatic rings. The van der Waals surface area contributed by atoms with E-state index in [0.717, 1.165) is 17.0 Å². The van der Waals surface area contributed by atoms with Crippen LogP contribution in [0.2, 0.25) is 0 Å². The van der Waals surface area contributed by atoms with Gasteiger partial charge in [-0.2, -0.15) is 0 Å². The summed E-state index contributed by atoms with van der Waals surface area (Å²) >= 11 is 0. The molecular weight excluding hydrogens is 148 g/mol. The molecule has 0 amide bonds. The van der Waals surface area contributed by atoms with Crippen LogP contribution in [-0.2, 0) is 0 Å². The van der Waals surface area contributed by atoms with Crippen LogP contribution < -0.4 is 0 Å². The average molecular weight is 160 g/mol. The summed E-state index contributed by atoms with van der Waals surface area (Å²) in [4.78, 5) is 8.33. The fourth-order valence-corrected chi connectivity index (χ4v) is 0.978. The Morgan fingerprint density at radius 3 is 3.00 bits per heavy atom. The van der Waals surface area contributed by atoms with E-state index in [1.54, 1.807) is 19.3 Å². The van der Waals surface area contributed by atoms with E-state index in [2.05, 4.69) is 16.6 Å². The largest absolute Gasteiger partial charge is 0.286 e.